The zero-order valence-corrected chi connectivity index (χ0v) is 17.0. The summed E-state index contributed by atoms with van der Waals surface area (Å²) in [6, 6.07) is 10.8. The van der Waals surface area contributed by atoms with Gasteiger partial charge in [-0.05, 0) is 64.9 Å². The zero-order chi connectivity index (χ0) is 19.4. The van der Waals surface area contributed by atoms with E-state index in [1.807, 2.05) is 24.3 Å². The number of nitrogens with one attached hydrogen (secondary N) is 3. The van der Waals surface area contributed by atoms with E-state index in [4.69, 9.17) is 0 Å². The maximum absolute atomic E-state index is 12.2. The number of anilines is 1. The molecule has 1 aliphatic rings. The molecular formula is C20H20IN3O3. The number of hydrogen-bond acceptors (Lipinski definition) is 5. The van der Waals surface area contributed by atoms with Gasteiger partial charge in [0.15, 0.2) is 0 Å². The number of phenolic OH excluding ortho intramolecular Hbond substituents is 1. The molecular weight excluding hydrogens is 457 g/mol. The topological polar surface area (TPSA) is 90.5 Å². The van der Waals surface area contributed by atoms with E-state index in [-0.39, 0.29) is 11.7 Å². The molecule has 1 heterocycles. The monoisotopic (exact) mass is 477 g/mol. The van der Waals surface area contributed by atoms with Crippen LogP contribution in [-0.4, -0.2) is 23.5 Å². The van der Waals surface area contributed by atoms with Gasteiger partial charge in [-0.25, -0.2) is 0 Å². The minimum atomic E-state index is -0.427. The fourth-order valence-electron chi connectivity index (χ4n) is 2.81. The second kappa shape index (κ2) is 8.43. The normalized spacial score (nSPS) is 14.7. The van der Waals surface area contributed by atoms with Crippen molar-refractivity contribution in [2.75, 3.05) is 11.9 Å². The molecule has 2 amide bonds. The average Bonchev–Trinajstić information content (AvgIpc) is 2.63. The molecule has 140 valence electrons. The summed E-state index contributed by atoms with van der Waals surface area (Å²) in [6.45, 7) is 3.29. The molecule has 0 saturated carbocycles. The second-order valence-corrected chi connectivity index (χ2v) is 7.44. The Bertz CT molecular complexity index is 925. The number of carbonyl (C=O) groups is 2. The number of fused-ring (bicyclic) bond motifs is 1. The lowest BCUT2D eigenvalue weighted by Gasteiger charge is -2.18. The lowest BCUT2D eigenvalue weighted by molar-refractivity contribution is -0.114. The molecule has 2 aromatic rings. The maximum atomic E-state index is 12.2. The van der Waals surface area contributed by atoms with Crippen molar-refractivity contribution in [2.45, 2.75) is 19.9 Å². The standard InChI is InChI=1S/C20H20IN3O3/c1-2-7-23-17-6-3-12(8-18(17)25)10-22-11-16-15-9-13(21)4-5-14(15)19(26)24-20(16)27/h3-6,8-9,11,22-23,25H,2,7,10H2,1H3,(H,24,26,27). The van der Waals surface area contributed by atoms with Crippen molar-refractivity contribution in [1.29, 1.82) is 0 Å². The van der Waals surface area contributed by atoms with Gasteiger partial charge in [0.1, 0.15) is 5.75 Å². The molecule has 0 atom stereocenters. The van der Waals surface area contributed by atoms with E-state index in [9.17, 15) is 14.7 Å². The highest BCUT2D eigenvalue weighted by Crippen LogP contribution is 2.26. The van der Waals surface area contributed by atoms with Crippen LogP contribution in [0.5, 0.6) is 5.75 Å². The van der Waals surface area contributed by atoms with E-state index in [0.717, 1.165) is 22.1 Å². The largest absolute Gasteiger partial charge is 0.506 e. The van der Waals surface area contributed by atoms with Crippen molar-refractivity contribution in [2.24, 2.45) is 0 Å². The molecule has 3 rings (SSSR count). The van der Waals surface area contributed by atoms with Crippen LogP contribution in [0.25, 0.3) is 5.57 Å². The van der Waals surface area contributed by atoms with Gasteiger partial charge in [-0.3, -0.25) is 14.9 Å². The van der Waals surface area contributed by atoms with Crippen molar-refractivity contribution in [3.05, 3.63) is 62.9 Å². The SMILES string of the molecule is CCCNc1ccc(CNC=C2C(=O)NC(=O)c3ccc(I)cc32)cc1O. The van der Waals surface area contributed by atoms with Gasteiger partial charge in [0.05, 0.1) is 11.3 Å². The Labute approximate surface area is 171 Å². The third-order valence-electron chi connectivity index (χ3n) is 4.17. The first-order valence-corrected chi connectivity index (χ1v) is 9.72. The highest BCUT2D eigenvalue weighted by Gasteiger charge is 2.27. The molecule has 7 heteroatoms. The van der Waals surface area contributed by atoms with Gasteiger partial charge in [0, 0.05) is 34.0 Å². The van der Waals surface area contributed by atoms with Gasteiger partial charge in [-0.1, -0.05) is 13.0 Å². The number of halogens is 1. The fourth-order valence-corrected chi connectivity index (χ4v) is 3.30. The lowest BCUT2D eigenvalue weighted by Crippen LogP contribution is -2.37. The van der Waals surface area contributed by atoms with E-state index >= 15 is 0 Å². The summed E-state index contributed by atoms with van der Waals surface area (Å²) < 4.78 is 0.944. The van der Waals surface area contributed by atoms with Crippen molar-refractivity contribution in [1.82, 2.24) is 10.6 Å². The quantitative estimate of drug-likeness (QED) is 0.222. The minimum absolute atomic E-state index is 0.191. The van der Waals surface area contributed by atoms with E-state index in [0.29, 0.717) is 28.9 Å². The van der Waals surface area contributed by atoms with Crippen molar-refractivity contribution in [3.63, 3.8) is 0 Å². The molecule has 27 heavy (non-hydrogen) atoms. The molecule has 1 aliphatic heterocycles. The number of phenols is 1. The predicted molar refractivity (Wildman–Crippen MR) is 113 cm³/mol. The van der Waals surface area contributed by atoms with Crippen molar-refractivity contribution >= 4 is 45.7 Å². The highest BCUT2D eigenvalue weighted by molar-refractivity contribution is 14.1. The summed E-state index contributed by atoms with van der Waals surface area (Å²) in [5.41, 5.74) is 3.08. The van der Waals surface area contributed by atoms with E-state index in [1.54, 1.807) is 18.3 Å². The first kappa shape index (κ1) is 19.2. The van der Waals surface area contributed by atoms with E-state index in [1.165, 1.54) is 0 Å². The highest BCUT2D eigenvalue weighted by atomic mass is 127. The summed E-state index contributed by atoms with van der Waals surface area (Å²) in [5, 5.41) is 18.7. The van der Waals surface area contributed by atoms with Crippen molar-refractivity contribution < 1.29 is 14.7 Å². The van der Waals surface area contributed by atoms with Crippen molar-refractivity contribution in [3.8, 4) is 5.75 Å². The molecule has 0 saturated heterocycles. The molecule has 0 aliphatic carbocycles. The van der Waals surface area contributed by atoms with Crippen LogP contribution in [-0.2, 0) is 11.3 Å². The fraction of sp³-hybridized carbons (Fsp3) is 0.200. The van der Waals surface area contributed by atoms with Crippen LogP contribution >= 0.6 is 22.6 Å². The van der Waals surface area contributed by atoms with Crippen LogP contribution < -0.4 is 16.0 Å². The van der Waals surface area contributed by atoms with Gasteiger partial charge >= 0.3 is 0 Å². The summed E-state index contributed by atoms with van der Waals surface area (Å²) in [7, 11) is 0. The van der Waals surface area contributed by atoms with Gasteiger partial charge in [-0.15, -0.1) is 0 Å². The van der Waals surface area contributed by atoms with Gasteiger partial charge in [0.25, 0.3) is 11.8 Å². The van der Waals surface area contributed by atoms with Crippen LogP contribution in [0.15, 0.2) is 42.6 Å². The number of rotatable bonds is 6. The Morgan fingerprint density at radius 2 is 1.93 bits per heavy atom. The molecule has 2 aromatic carbocycles. The lowest BCUT2D eigenvalue weighted by atomic mass is 9.95. The number of aromatic hydroxyl groups is 1. The molecule has 6 nitrogen and oxygen atoms in total. The third kappa shape index (κ3) is 4.41. The first-order valence-electron chi connectivity index (χ1n) is 8.64. The molecule has 0 bridgehead atoms. The Morgan fingerprint density at radius 3 is 2.67 bits per heavy atom. The summed E-state index contributed by atoms with van der Waals surface area (Å²) in [5.74, 6) is -0.621. The predicted octanol–water partition coefficient (Wildman–Crippen LogP) is 3.22. The van der Waals surface area contributed by atoms with Crippen LogP contribution in [0.2, 0.25) is 0 Å². The van der Waals surface area contributed by atoms with E-state index < -0.39 is 5.91 Å². The second-order valence-electron chi connectivity index (χ2n) is 6.19. The first-order chi connectivity index (χ1) is 13.0. The Balaban J connectivity index is 1.76. The molecule has 0 aromatic heterocycles. The van der Waals surface area contributed by atoms with E-state index in [2.05, 4.69) is 45.5 Å². The minimum Gasteiger partial charge on any atom is -0.506 e. The van der Waals surface area contributed by atoms with Crippen LogP contribution in [0.4, 0.5) is 5.69 Å². The van der Waals surface area contributed by atoms with Gasteiger partial charge in [0.2, 0.25) is 0 Å². The van der Waals surface area contributed by atoms with Gasteiger partial charge < -0.3 is 15.7 Å². The Kier molecular flexibility index (Phi) is 6.00. The molecule has 0 radical (unpaired) electrons. The van der Waals surface area contributed by atoms with Crippen LogP contribution in [0, 0.1) is 3.57 Å². The van der Waals surface area contributed by atoms with Gasteiger partial charge in [-0.2, -0.15) is 0 Å². The average molecular weight is 477 g/mol. The summed E-state index contributed by atoms with van der Waals surface area (Å²) >= 11 is 2.15. The molecule has 0 fully saturated rings. The maximum Gasteiger partial charge on any atom is 0.260 e. The number of carbonyl (C=O) groups excluding carboxylic acids is 2. The summed E-state index contributed by atoms with van der Waals surface area (Å²) in [6.07, 6.45) is 2.58. The van der Waals surface area contributed by atoms with Crippen LogP contribution in [0.3, 0.4) is 0 Å². The third-order valence-corrected chi connectivity index (χ3v) is 4.84. The Hall–Kier alpha value is -2.55. The molecule has 4 N–H and O–H groups in total. The Morgan fingerprint density at radius 1 is 1.11 bits per heavy atom. The number of hydrogen-bond donors (Lipinski definition) is 4. The van der Waals surface area contributed by atoms with Crippen LogP contribution in [0.1, 0.15) is 34.8 Å². The number of amides is 2. The molecule has 0 spiro atoms. The molecule has 0 unspecified atom stereocenters. The zero-order valence-electron chi connectivity index (χ0n) is 14.8. The smallest absolute Gasteiger partial charge is 0.260 e. The number of imide groups is 1. The number of benzene rings is 2. The summed E-state index contributed by atoms with van der Waals surface area (Å²) in [4.78, 5) is 24.2.